The minimum Gasteiger partial charge on any atom is -0.490 e. The Labute approximate surface area is 189 Å². The molecule has 2 aromatic rings. The van der Waals surface area contributed by atoms with Gasteiger partial charge in [-0.3, -0.25) is 9.69 Å². The summed E-state index contributed by atoms with van der Waals surface area (Å²) in [5.41, 5.74) is 1.66. The molecular formula is C21H19Cl2NO3S2. The molecule has 152 valence electrons. The maximum absolute atomic E-state index is 12.4. The molecule has 0 aliphatic carbocycles. The van der Waals surface area contributed by atoms with E-state index in [4.69, 9.17) is 44.9 Å². The first-order chi connectivity index (χ1) is 13.9. The Morgan fingerprint density at radius 1 is 1.10 bits per heavy atom. The zero-order chi connectivity index (χ0) is 21.0. The summed E-state index contributed by atoms with van der Waals surface area (Å²) in [5, 5.41) is 1.12. The maximum atomic E-state index is 12.4. The number of halogens is 2. The number of nitrogens with zero attached hydrogens (tertiary/aromatic N) is 1. The zero-order valence-electron chi connectivity index (χ0n) is 15.9. The Morgan fingerprint density at radius 3 is 2.55 bits per heavy atom. The minimum absolute atomic E-state index is 0.0711. The fourth-order valence-corrected chi connectivity index (χ4v) is 4.57. The molecule has 29 heavy (non-hydrogen) atoms. The summed E-state index contributed by atoms with van der Waals surface area (Å²) in [6.45, 7) is 5.13. The average Bonchev–Trinajstić information content (AvgIpc) is 2.95. The first kappa shape index (κ1) is 22.0. The van der Waals surface area contributed by atoms with Crippen LogP contribution in [0.5, 0.6) is 11.5 Å². The van der Waals surface area contributed by atoms with Crippen molar-refractivity contribution in [2.45, 2.75) is 20.5 Å². The quantitative estimate of drug-likeness (QED) is 0.358. The van der Waals surface area contributed by atoms with Gasteiger partial charge in [0.1, 0.15) is 10.9 Å². The van der Waals surface area contributed by atoms with Crippen LogP contribution in [0, 0.1) is 0 Å². The van der Waals surface area contributed by atoms with Crippen LogP contribution in [-0.2, 0) is 11.4 Å². The van der Waals surface area contributed by atoms with Crippen LogP contribution in [0.15, 0.2) is 41.3 Å². The lowest BCUT2D eigenvalue weighted by molar-refractivity contribution is -0.121. The topological polar surface area (TPSA) is 38.8 Å². The van der Waals surface area contributed by atoms with Crippen LogP contribution in [0.1, 0.15) is 25.0 Å². The van der Waals surface area contributed by atoms with Gasteiger partial charge in [0.05, 0.1) is 11.5 Å². The number of carbonyl (C=O) groups is 1. The third kappa shape index (κ3) is 5.25. The van der Waals surface area contributed by atoms with E-state index in [0.29, 0.717) is 43.9 Å². The third-order valence-corrected chi connectivity index (χ3v) is 6.12. The molecule has 0 aromatic heterocycles. The number of carbonyl (C=O) groups excluding carboxylic acids is 1. The van der Waals surface area contributed by atoms with E-state index < -0.39 is 0 Å². The van der Waals surface area contributed by atoms with E-state index in [1.807, 2.05) is 44.2 Å². The Morgan fingerprint density at radius 2 is 1.90 bits per heavy atom. The summed E-state index contributed by atoms with van der Waals surface area (Å²) < 4.78 is 12.2. The van der Waals surface area contributed by atoms with E-state index in [1.165, 1.54) is 11.8 Å². The monoisotopic (exact) mass is 467 g/mol. The minimum atomic E-state index is -0.0711. The first-order valence-electron chi connectivity index (χ1n) is 9.01. The van der Waals surface area contributed by atoms with Gasteiger partial charge in [-0.15, -0.1) is 0 Å². The summed E-state index contributed by atoms with van der Waals surface area (Å²) in [4.78, 5) is 14.6. The molecule has 4 nitrogen and oxygen atoms in total. The molecule has 0 spiro atoms. The molecular weight excluding hydrogens is 449 g/mol. The van der Waals surface area contributed by atoms with Crippen molar-refractivity contribution in [3.05, 3.63) is 62.5 Å². The van der Waals surface area contributed by atoms with E-state index in [2.05, 4.69) is 0 Å². The summed E-state index contributed by atoms with van der Waals surface area (Å²) in [6.07, 6.45) is 1.82. The highest BCUT2D eigenvalue weighted by Gasteiger charge is 2.30. The van der Waals surface area contributed by atoms with Crippen molar-refractivity contribution in [3.63, 3.8) is 0 Å². The summed E-state index contributed by atoms with van der Waals surface area (Å²) in [5.74, 6) is 1.12. The number of thiocarbonyl (C=S) groups is 1. The number of ether oxygens (including phenoxy) is 2. The average molecular weight is 468 g/mol. The van der Waals surface area contributed by atoms with Gasteiger partial charge in [-0.05, 0) is 49.8 Å². The van der Waals surface area contributed by atoms with Crippen molar-refractivity contribution in [1.82, 2.24) is 4.90 Å². The van der Waals surface area contributed by atoms with Crippen LogP contribution < -0.4 is 9.47 Å². The lowest BCUT2D eigenvalue weighted by atomic mass is 10.1. The van der Waals surface area contributed by atoms with Crippen molar-refractivity contribution in [1.29, 1.82) is 0 Å². The van der Waals surface area contributed by atoms with Crippen LogP contribution in [-0.4, -0.2) is 28.3 Å². The highest BCUT2D eigenvalue weighted by molar-refractivity contribution is 8.26. The van der Waals surface area contributed by atoms with Crippen molar-refractivity contribution in [3.8, 4) is 11.5 Å². The number of benzene rings is 2. The summed E-state index contributed by atoms with van der Waals surface area (Å²) in [7, 11) is 0. The van der Waals surface area contributed by atoms with Crippen LogP contribution in [0.2, 0.25) is 10.0 Å². The van der Waals surface area contributed by atoms with Gasteiger partial charge in [0, 0.05) is 22.2 Å². The van der Waals surface area contributed by atoms with Gasteiger partial charge < -0.3 is 9.47 Å². The molecule has 0 unspecified atom stereocenters. The van der Waals surface area contributed by atoms with E-state index in [0.717, 1.165) is 11.1 Å². The Balaban J connectivity index is 1.81. The lowest BCUT2D eigenvalue weighted by Crippen LogP contribution is -2.27. The van der Waals surface area contributed by atoms with Gasteiger partial charge >= 0.3 is 0 Å². The molecule has 1 aliphatic heterocycles. The molecule has 0 N–H and O–H groups in total. The van der Waals surface area contributed by atoms with Gasteiger partial charge in [0.25, 0.3) is 5.91 Å². The molecule has 1 amide bonds. The number of rotatable bonds is 7. The highest BCUT2D eigenvalue weighted by Crippen LogP contribution is 2.35. The molecule has 0 bridgehead atoms. The molecule has 0 radical (unpaired) electrons. The standard InChI is InChI=1S/C21H19Cl2NO3S2/c1-3-24-20(25)19(29-21(24)28)10-13-5-8-17(18(9-13)26-4-2)27-12-14-6-7-15(22)11-16(14)23/h5-11H,3-4,12H2,1-2H3/b19-10-. The lowest BCUT2D eigenvalue weighted by Gasteiger charge is -2.13. The van der Waals surface area contributed by atoms with Crippen LogP contribution in [0.3, 0.4) is 0 Å². The van der Waals surface area contributed by atoms with Gasteiger partial charge in [0.15, 0.2) is 11.5 Å². The van der Waals surface area contributed by atoms with Crippen LogP contribution in [0.4, 0.5) is 0 Å². The van der Waals surface area contributed by atoms with E-state index in [1.54, 1.807) is 17.0 Å². The van der Waals surface area contributed by atoms with Crippen molar-refractivity contribution in [2.75, 3.05) is 13.2 Å². The zero-order valence-corrected chi connectivity index (χ0v) is 19.1. The second-order valence-electron chi connectivity index (χ2n) is 6.09. The first-order valence-corrected chi connectivity index (χ1v) is 11.0. The molecule has 3 rings (SSSR count). The summed E-state index contributed by atoms with van der Waals surface area (Å²) in [6, 6.07) is 10.8. The van der Waals surface area contributed by atoms with E-state index in [-0.39, 0.29) is 12.5 Å². The molecule has 1 fully saturated rings. The number of hydrogen-bond acceptors (Lipinski definition) is 5. The maximum Gasteiger partial charge on any atom is 0.266 e. The van der Waals surface area contributed by atoms with Crippen molar-refractivity contribution >= 4 is 63.5 Å². The molecule has 0 atom stereocenters. The molecule has 1 saturated heterocycles. The molecule has 0 saturated carbocycles. The Bertz CT molecular complexity index is 978. The summed E-state index contributed by atoms with van der Waals surface area (Å²) >= 11 is 18.7. The van der Waals surface area contributed by atoms with E-state index in [9.17, 15) is 4.79 Å². The largest absolute Gasteiger partial charge is 0.490 e. The second kappa shape index (κ2) is 9.85. The predicted molar refractivity (Wildman–Crippen MR) is 124 cm³/mol. The van der Waals surface area contributed by atoms with Gasteiger partial charge in [-0.2, -0.15) is 0 Å². The molecule has 1 aliphatic rings. The Kier molecular flexibility index (Phi) is 7.46. The van der Waals surface area contributed by atoms with Gasteiger partial charge in [-0.1, -0.05) is 59.3 Å². The van der Waals surface area contributed by atoms with Gasteiger partial charge in [-0.25, -0.2) is 0 Å². The predicted octanol–water partition coefficient (Wildman–Crippen LogP) is 6.19. The van der Waals surface area contributed by atoms with Gasteiger partial charge in [0.2, 0.25) is 0 Å². The third-order valence-electron chi connectivity index (χ3n) is 4.15. The SMILES string of the molecule is CCOc1cc(/C=C2\SC(=S)N(CC)C2=O)ccc1OCc1ccc(Cl)cc1Cl. The molecule has 1 heterocycles. The number of hydrogen-bond donors (Lipinski definition) is 0. The number of thioether (sulfide) groups is 1. The fraction of sp³-hybridized carbons (Fsp3) is 0.238. The molecule has 2 aromatic carbocycles. The smallest absolute Gasteiger partial charge is 0.266 e. The van der Waals surface area contributed by atoms with Crippen LogP contribution in [0.25, 0.3) is 6.08 Å². The normalized spacial score (nSPS) is 15.3. The Hall–Kier alpha value is -1.73. The van der Waals surface area contributed by atoms with E-state index >= 15 is 0 Å². The second-order valence-corrected chi connectivity index (χ2v) is 8.61. The van der Waals surface area contributed by atoms with Crippen molar-refractivity contribution < 1.29 is 14.3 Å². The fourth-order valence-electron chi connectivity index (χ4n) is 2.72. The van der Waals surface area contributed by atoms with Crippen LogP contribution >= 0.6 is 47.2 Å². The highest BCUT2D eigenvalue weighted by atomic mass is 35.5. The number of likely N-dealkylation sites (N-methyl/N-ethyl adjacent to an activating group) is 1. The van der Waals surface area contributed by atoms with Crippen molar-refractivity contribution in [2.24, 2.45) is 0 Å². The number of amides is 1. The molecule has 8 heteroatoms.